The Hall–Kier alpha value is -3.50. The van der Waals surface area contributed by atoms with Crippen molar-refractivity contribution in [2.24, 2.45) is 0 Å². The molecule has 0 aliphatic rings. The first-order valence-corrected chi connectivity index (χ1v) is 5.75. The number of ether oxygens (including phenoxy) is 1. The minimum atomic E-state index is -0.823. The Bertz CT molecular complexity index is 755. The Labute approximate surface area is 122 Å². The first-order valence-electron chi connectivity index (χ1n) is 5.75. The third-order valence-electron chi connectivity index (χ3n) is 2.69. The summed E-state index contributed by atoms with van der Waals surface area (Å²) in [6.07, 6.45) is 0.905. The van der Waals surface area contributed by atoms with Gasteiger partial charge in [-0.3, -0.25) is 30.1 Å². The number of non-ortho nitro benzene ring substituents is 1. The molecule has 1 amide bonds. The van der Waals surface area contributed by atoms with E-state index >= 15 is 0 Å². The maximum atomic E-state index is 12.0. The molecule has 0 atom stereocenters. The predicted molar refractivity (Wildman–Crippen MR) is 72.8 cm³/mol. The van der Waals surface area contributed by atoms with Crippen molar-refractivity contribution in [1.29, 1.82) is 0 Å². The summed E-state index contributed by atoms with van der Waals surface area (Å²) in [6, 6.07) is 3.55. The Morgan fingerprint density at radius 1 is 1.32 bits per heavy atom. The van der Waals surface area contributed by atoms with Gasteiger partial charge >= 0.3 is 5.69 Å². The normalized spacial score (nSPS) is 10.0. The molecule has 0 saturated carbocycles. The van der Waals surface area contributed by atoms with Gasteiger partial charge in [-0.15, -0.1) is 0 Å². The number of amides is 1. The lowest BCUT2D eigenvalue weighted by Gasteiger charge is -2.08. The van der Waals surface area contributed by atoms with Gasteiger partial charge in [-0.25, -0.2) is 0 Å². The third kappa shape index (κ3) is 2.82. The molecule has 0 saturated heterocycles. The number of rotatable bonds is 5. The lowest BCUT2D eigenvalue weighted by atomic mass is 10.2. The number of H-pyrrole nitrogens is 1. The number of nitro groups is 2. The van der Waals surface area contributed by atoms with Crippen LogP contribution in [0.2, 0.25) is 0 Å². The van der Waals surface area contributed by atoms with Gasteiger partial charge in [-0.1, -0.05) is 0 Å². The van der Waals surface area contributed by atoms with Crippen molar-refractivity contribution < 1.29 is 19.4 Å². The van der Waals surface area contributed by atoms with Crippen molar-refractivity contribution in [3.05, 3.63) is 50.3 Å². The van der Waals surface area contributed by atoms with Gasteiger partial charge in [0.05, 0.1) is 28.7 Å². The summed E-state index contributed by atoms with van der Waals surface area (Å²) in [5.74, 6) is -0.777. The molecule has 2 rings (SSSR count). The standard InChI is InChI=1S/C11H9N5O6/c1-22-9-4-6(15(18)19)2-3-7(9)13-11(17)10-8(16(20)21)5-12-14-10/h2-5H,1H3,(H,12,14)(H,13,17). The average molecular weight is 307 g/mol. The molecule has 0 radical (unpaired) electrons. The monoisotopic (exact) mass is 307 g/mol. The van der Waals surface area contributed by atoms with Gasteiger partial charge in [0.1, 0.15) is 11.9 Å². The molecule has 0 fully saturated rings. The second kappa shape index (κ2) is 5.87. The maximum Gasteiger partial charge on any atom is 0.319 e. The highest BCUT2D eigenvalue weighted by Crippen LogP contribution is 2.29. The highest BCUT2D eigenvalue weighted by molar-refractivity contribution is 6.06. The molecule has 2 N–H and O–H groups in total. The fraction of sp³-hybridized carbons (Fsp3) is 0.0909. The second-order valence-electron chi connectivity index (χ2n) is 3.98. The zero-order valence-corrected chi connectivity index (χ0v) is 11.1. The molecule has 1 aromatic carbocycles. The lowest BCUT2D eigenvalue weighted by Crippen LogP contribution is -2.14. The van der Waals surface area contributed by atoms with Gasteiger partial charge < -0.3 is 10.1 Å². The Morgan fingerprint density at radius 3 is 2.64 bits per heavy atom. The van der Waals surface area contributed by atoms with Crippen LogP contribution in [0.4, 0.5) is 17.1 Å². The Balaban J connectivity index is 2.30. The molecular weight excluding hydrogens is 298 g/mol. The summed E-state index contributed by atoms with van der Waals surface area (Å²) in [4.78, 5) is 32.1. The first kappa shape index (κ1) is 14.9. The largest absolute Gasteiger partial charge is 0.494 e. The molecule has 0 aliphatic heterocycles. The molecule has 11 heteroatoms. The minimum absolute atomic E-state index is 0.0460. The van der Waals surface area contributed by atoms with E-state index in [9.17, 15) is 25.0 Å². The summed E-state index contributed by atoms with van der Waals surface area (Å²) in [6.45, 7) is 0. The van der Waals surface area contributed by atoms with Gasteiger partial charge in [0.15, 0.2) is 0 Å². The number of nitrogens with one attached hydrogen (secondary N) is 2. The number of benzene rings is 1. The summed E-state index contributed by atoms with van der Waals surface area (Å²) >= 11 is 0. The van der Waals surface area contributed by atoms with Crippen LogP contribution >= 0.6 is 0 Å². The first-order chi connectivity index (χ1) is 10.4. The van der Waals surface area contributed by atoms with Crippen LogP contribution in [0.1, 0.15) is 10.5 Å². The van der Waals surface area contributed by atoms with Crippen LogP contribution in [0.25, 0.3) is 0 Å². The summed E-state index contributed by atoms with van der Waals surface area (Å²) in [5.41, 5.74) is -0.923. The number of carbonyl (C=O) groups excluding carboxylic acids is 1. The van der Waals surface area contributed by atoms with Crippen LogP contribution in [-0.4, -0.2) is 33.1 Å². The maximum absolute atomic E-state index is 12.0. The SMILES string of the molecule is COc1cc([N+](=O)[O-])ccc1NC(=O)c1[nH]ncc1[N+](=O)[O-]. The van der Waals surface area contributed by atoms with E-state index < -0.39 is 21.4 Å². The molecule has 0 unspecified atom stereocenters. The summed E-state index contributed by atoms with van der Waals surface area (Å²) in [5, 5.41) is 29.5. The quantitative estimate of drug-likeness (QED) is 0.626. The fourth-order valence-corrected chi connectivity index (χ4v) is 1.67. The Morgan fingerprint density at radius 2 is 2.05 bits per heavy atom. The highest BCUT2D eigenvalue weighted by atomic mass is 16.6. The molecule has 2 aromatic rings. The molecule has 1 heterocycles. The van der Waals surface area contributed by atoms with Crippen molar-refractivity contribution in [3.8, 4) is 5.75 Å². The van der Waals surface area contributed by atoms with Crippen molar-refractivity contribution in [3.63, 3.8) is 0 Å². The average Bonchev–Trinajstić information content (AvgIpc) is 2.97. The number of anilines is 1. The minimum Gasteiger partial charge on any atom is -0.494 e. The number of aromatic nitrogens is 2. The molecule has 22 heavy (non-hydrogen) atoms. The number of nitrogens with zero attached hydrogens (tertiary/aromatic N) is 3. The molecule has 0 aliphatic carbocycles. The van der Waals surface area contributed by atoms with Crippen LogP contribution in [0.15, 0.2) is 24.4 Å². The molecule has 1 aromatic heterocycles. The van der Waals surface area contributed by atoms with Gasteiger partial charge in [0.2, 0.25) is 5.69 Å². The van der Waals surface area contributed by atoms with E-state index in [2.05, 4.69) is 15.5 Å². The van der Waals surface area contributed by atoms with Crippen LogP contribution in [-0.2, 0) is 0 Å². The van der Waals surface area contributed by atoms with E-state index in [-0.39, 0.29) is 22.8 Å². The summed E-state index contributed by atoms with van der Waals surface area (Å²) in [7, 11) is 1.27. The van der Waals surface area contributed by atoms with E-state index in [1.807, 2.05) is 0 Å². The van der Waals surface area contributed by atoms with E-state index in [0.29, 0.717) is 0 Å². The van der Waals surface area contributed by atoms with Gasteiger partial charge in [0.25, 0.3) is 11.6 Å². The zero-order valence-electron chi connectivity index (χ0n) is 11.1. The van der Waals surface area contributed by atoms with Crippen molar-refractivity contribution in [1.82, 2.24) is 10.2 Å². The number of carbonyl (C=O) groups is 1. The molecule has 11 nitrogen and oxygen atoms in total. The van der Waals surface area contributed by atoms with E-state index in [0.717, 1.165) is 12.3 Å². The summed E-state index contributed by atoms with van der Waals surface area (Å²) < 4.78 is 4.95. The van der Waals surface area contributed by atoms with E-state index in [4.69, 9.17) is 4.74 Å². The van der Waals surface area contributed by atoms with Gasteiger partial charge in [-0.2, -0.15) is 5.10 Å². The zero-order chi connectivity index (χ0) is 16.3. The van der Waals surface area contributed by atoms with E-state index in [1.54, 1.807) is 0 Å². The highest BCUT2D eigenvalue weighted by Gasteiger charge is 2.24. The third-order valence-corrected chi connectivity index (χ3v) is 2.69. The molecule has 114 valence electrons. The lowest BCUT2D eigenvalue weighted by molar-refractivity contribution is -0.385. The second-order valence-corrected chi connectivity index (χ2v) is 3.98. The predicted octanol–water partition coefficient (Wildman–Crippen LogP) is 1.49. The van der Waals surface area contributed by atoms with Gasteiger partial charge in [0, 0.05) is 6.07 Å². The number of aromatic amines is 1. The molecule has 0 spiro atoms. The van der Waals surface area contributed by atoms with Crippen molar-refractivity contribution in [2.45, 2.75) is 0 Å². The van der Waals surface area contributed by atoms with Gasteiger partial charge in [-0.05, 0) is 6.07 Å². The molecule has 0 bridgehead atoms. The molecular formula is C11H9N5O6. The van der Waals surface area contributed by atoms with E-state index in [1.165, 1.54) is 19.2 Å². The van der Waals surface area contributed by atoms with Crippen molar-refractivity contribution in [2.75, 3.05) is 12.4 Å². The van der Waals surface area contributed by atoms with Crippen LogP contribution in [0.3, 0.4) is 0 Å². The van der Waals surface area contributed by atoms with Crippen LogP contribution in [0, 0.1) is 20.2 Å². The number of nitro benzene ring substituents is 1. The number of methoxy groups -OCH3 is 1. The number of hydrogen-bond acceptors (Lipinski definition) is 7. The number of hydrogen-bond donors (Lipinski definition) is 2. The van der Waals surface area contributed by atoms with Crippen molar-refractivity contribution >= 4 is 23.0 Å². The van der Waals surface area contributed by atoms with Crippen LogP contribution in [0.5, 0.6) is 5.75 Å². The Kier molecular flexibility index (Phi) is 3.97. The van der Waals surface area contributed by atoms with Crippen LogP contribution < -0.4 is 10.1 Å². The smallest absolute Gasteiger partial charge is 0.319 e. The fourth-order valence-electron chi connectivity index (χ4n) is 1.67. The topological polar surface area (TPSA) is 153 Å².